The van der Waals surface area contributed by atoms with Crippen molar-refractivity contribution >= 4 is 81.5 Å². The fraction of sp³-hybridized carbons (Fsp3) is 0.275. The molecule has 1 fully saturated rings. The SMILES string of the molecule is CON=C(C(=O)N[C@@H]1S[C@H]2CC(=O)N2C(C(=O)OC(c2ccccc2)c2ccccc2)=C1COC(C)=O)c1csc(NC(=O)OCC(C(=O)OC)(c2ccccc2)c2ccccc2NC(=O)OC(C)(C)C)n1. The Kier molecular flexibility index (Phi) is 16.4. The monoisotopic (exact) mass is 1020 g/mol. The van der Waals surface area contributed by atoms with Crippen LogP contribution in [0.2, 0.25) is 0 Å². The summed E-state index contributed by atoms with van der Waals surface area (Å²) in [6.07, 6.45) is -2.70. The lowest BCUT2D eigenvalue weighted by molar-refractivity contribution is -0.152. The highest BCUT2D eigenvalue weighted by molar-refractivity contribution is 8.00. The zero-order chi connectivity index (χ0) is 51.6. The smallest absolute Gasteiger partial charge is 0.413 e. The molecule has 19 nitrogen and oxygen atoms in total. The van der Waals surface area contributed by atoms with Crippen LogP contribution in [0.25, 0.3) is 0 Å². The Hall–Kier alpha value is -8.04. The van der Waals surface area contributed by atoms with Crippen molar-refractivity contribution in [3.63, 3.8) is 0 Å². The summed E-state index contributed by atoms with van der Waals surface area (Å²) in [6.45, 7) is 5.17. The van der Waals surface area contributed by atoms with E-state index in [1.807, 2.05) is 12.1 Å². The van der Waals surface area contributed by atoms with Crippen molar-refractivity contribution in [2.24, 2.45) is 5.16 Å². The molecule has 0 spiro atoms. The number of para-hydroxylation sites is 1. The maximum atomic E-state index is 14.4. The summed E-state index contributed by atoms with van der Waals surface area (Å²) >= 11 is 2.04. The molecule has 0 bridgehead atoms. The van der Waals surface area contributed by atoms with Gasteiger partial charge in [0.15, 0.2) is 22.4 Å². The molecule has 7 rings (SSSR count). The predicted molar refractivity (Wildman–Crippen MR) is 265 cm³/mol. The maximum absolute atomic E-state index is 14.4. The minimum atomic E-state index is -1.82. The first kappa shape index (κ1) is 51.8. The van der Waals surface area contributed by atoms with Crippen molar-refractivity contribution in [2.45, 2.75) is 62.0 Å². The summed E-state index contributed by atoms with van der Waals surface area (Å²) in [4.78, 5) is 106. The molecule has 2 aliphatic heterocycles. The molecule has 3 atom stereocenters. The van der Waals surface area contributed by atoms with E-state index in [1.165, 1.54) is 31.4 Å². The van der Waals surface area contributed by atoms with Crippen molar-refractivity contribution in [3.05, 3.63) is 160 Å². The summed E-state index contributed by atoms with van der Waals surface area (Å²) in [5.74, 6) is -3.62. The topological polar surface area (TPSA) is 239 Å². The van der Waals surface area contributed by atoms with Gasteiger partial charge in [-0.2, -0.15) is 0 Å². The molecule has 72 heavy (non-hydrogen) atoms. The number of fused-ring (bicyclic) bond motifs is 1. The maximum Gasteiger partial charge on any atom is 0.413 e. The van der Waals surface area contributed by atoms with Crippen molar-refractivity contribution in [1.82, 2.24) is 15.2 Å². The second kappa shape index (κ2) is 22.8. The standard InChI is InChI=1S/C51H50N6O13S2/c1-30(58)67-27-34-41(45(61)69-42(31-18-10-7-11-19-31)32-20-12-8-13-21-32)57-38(59)26-39(57)72-44(34)54-43(60)40(56-66-6)37-28-71-47(52-37)55-48(63)68-29-51(46(62)65-5,33-22-14-9-15-23-33)35-24-16-17-25-36(35)53-49(64)70-50(2,3)4/h7-25,28,39,42,44H,26-27,29H2,1-6H3,(H,53,64)(H,54,60)(H,52,55,63)/t39-,44+,51?/m0/s1. The molecule has 2 aliphatic rings. The largest absolute Gasteiger partial charge is 0.468 e. The van der Waals surface area contributed by atoms with Gasteiger partial charge in [0.25, 0.3) is 5.91 Å². The number of amides is 4. The summed E-state index contributed by atoms with van der Waals surface area (Å²) in [5, 5.41) is 11.7. The minimum Gasteiger partial charge on any atom is -0.468 e. The Morgan fingerprint density at radius 3 is 2.04 bits per heavy atom. The Morgan fingerprint density at radius 2 is 1.44 bits per heavy atom. The molecule has 1 unspecified atom stereocenters. The molecule has 374 valence electrons. The summed E-state index contributed by atoms with van der Waals surface area (Å²) in [6, 6.07) is 32.9. The number of esters is 3. The van der Waals surface area contributed by atoms with Crippen LogP contribution in [-0.2, 0) is 57.9 Å². The fourth-order valence-electron chi connectivity index (χ4n) is 7.80. The van der Waals surface area contributed by atoms with E-state index in [-0.39, 0.29) is 51.4 Å². The normalized spacial score (nSPS) is 16.2. The van der Waals surface area contributed by atoms with Gasteiger partial charge >= 0.3 is 30.1 Å². The van der Waals surface area contributed by atoms with Gasteiger partial charge in [0.1, 0.15) is 42.7 Å². The minimum absolute atomic E-state index is 0.0350. The van der Waals surface area contributed by atoms with E-state index in [9.17, 15) is 33.6 Å². The van der Waals surface area contributed by atoms with E-state index in [0.717, 1.165) is 23.1 Å². The van der Waals surface area contributed by atoms with Crippen LogP contribution in [0.1, 0.15) is 68.2 Å². The molecule has 3 heterocycles. The number of aromatic nitrogens is 1. The third-order valence-corrected chi connectivity index (χ3v) is 13.1. The number of ether oxygens (including phenoxy) is 5. The van der Waals surface area contributed by atoms with Gasteiger partial charge in [0, 0.05) is 29.1 Å². The van der Waals surface area contributed by atoms with Gasteiger partial charge in [-0.1, -0.05) is 114 Å². The number of oxime groups is 1. The van der Waals surface area contributed by atoms with Crippen LogP contribution >= 0.6 is 23.1 Å². The average molecular weight is 1020 g/mol. The van der Waals surface area contributed by atoms with Gasteiger partial charge in [-0.05, 0) is 43.5 Å². The van der Waals surface area contributed by atoms with Gasteiger partial charge in [-0.15, -0.1) is 23.1 Å². The van der Waals surface area contributed by atoms with Crippen LogP contribution in [0, 0.1) is 0 Å². The molecule has 21 heteroatoms. The Bertz CT molecular complexity index is 2850. The van der Waals surface area contributed by atoms with E-state index >= 15 is 0 Å². The number of anilines is 2. The number of benzene rings is 4. The quantitative estimate of drug-likeness (QED) is 0.0270. The lowest BCUT2D eigenvalue weighted by Crippen LogP contribution is -2.58. The van der Waals surface area contributed by atoms with Crippen LogP contribution in [0.15, 0.2) is 137 Å². The van der Waals surface area contributed by atoms with Crippen LogP contribution in [0.5, 0.6) is 0 Å². The molecule has 1 aromatic heterocycles. The average Bonchev–Trinajstić information content (AvgIpc) is 3.82. The zero-order valence-corrected chi connectivity index (χ0v) is 41.5. The summed E-state index contributed by atoms with van der Waals surface area (Å²) in [7, 11) is 2.39. The van der Waals surface area contributed by atoms with E-state index < -0.39 is 77.1 Å². The van der Waals surface area contributed by atoms with E-state index in [2.05, 4.69) is 26.1 Å². The summed E-state index contributed by atoms with van der Waals surface area (Å²) in [5.41, 5.74) is -1.08. The molecule has 4 amide bonds. The number of carbonyl (C=O) groups excluding carboxylic acids is 7. The van der Waals surface area contributed by atoms with Crippen LogP contribution in [0.3, 0.4) is 0 Å². The third kappa shape index (κ3) is 11.9. The number of thiazole rings is 1. The van der Waals surface area contributed by atoms with Crippen LogP contribution in [0.4, 0.5) is 20.4 Å². The molecule has 4 aromatic carbocycles. The molecule has 0 aliphatic carbocycles. The second-order valence-electron chi connectivity index (χ2n) is 17.0. The van der Waals surface area contributed by atoms with Crippen molar-refractivity contribution in [1.29, 1.82) is 0 Å². The lowest BCUT2D eigenvalue weighted by Gasteiger charge is -2.47. The van der Waals surface area contributed by atoms with Gasteiger partial charge < -0.3 is 33.8 Å². The molecule has 3 N–H and O–H groups in total. The first-order valence-corrected chi connectivity index (χ1v) is 24.0. The third-order valence-electron chi connectivity index (χ3n) is 11.0. The predicted octanol–water partition coefficient (Wildman–Crippen LogP) is 7.45. The lowest BCUT2D eigenvalue weighted by atomic mass is 9.74. The number of rotatable bonds is 17. The molecule has 0 radical (unpaired) electrons. The van der Waals surface area contributed by atoms with Crippen molar-refractivity contribution in [3.8, 4) is 0 Å². The van der Waals surface area contributed by atoms with E-state index in [0.29, 0.717) is 16.7 Å². The molecule has 5 aromatic rings. The number of hydrogen-bond donors (Lipinski definition) is 3. The summed E-state index contributed by atoms with van der Waals surface area (Å²) < 4.78 is 28.2. The van der Waals surface area contributed by atoms with E-state index in [4.69, 9.17) is 28.5 Å². The van der Waals surface area contributed by atoms with Gasteiger partial charge in [-0.3, -0.25) is 34.7 Å². The number of hydrogen-bond acceptors (Lipinski definition) is 17. The van der Waals surface area contributed by atoms with Crippen molar-refractivity contribution < 1.29 is 62.1 Å². The number of methoxy groups -OCH3 is 1. The zero-order valence-electron chi connectivity index (χ0n) is 39.9. The first-order valence-electron chi connectivity index (χ1n) is 22.2. The number of β-lactam (4-membered cyclic amide) rings is 1. The Morgan fingerprint density at radius 1 is 0.819 bits per heavy atom. The van der Waals surface area contributed by atoms with Gasteiger partial charge in [-0.25, -0.2) is 19.4 Å². The molecule has 1 saturated heterocycles. The number of carbonyl (C=O) groups is 7. The van der Waals surface area contributed by atoms with Crippen LogP contribution in [-0.4, -0.2) is 101 Å². The fourth-order valence-corrected chi connectivity index (χ4v) is 9.90. The number of nitrogens with zero attached hydrogens (tertiary/aromatic N) is 3. The van der Waals surface area contributed by atoms with Crippen LogP contribution < -0.4 is 16.0 Å². The Balaban J connectivity index is 1.13. The molecule has 0 saturated carbocycles. The van der Waals surface area contributed by atoms with Gasteiger partial charge in [0.05, 0.1) is 18.9 Å². The first-order chi connectivity index (χ1) is 34.5. The van der Waals surface area contributed by atoms with Gasteiger partial charge in [0.2, 0.25) is 5.91 Å². The molecular weight excluding hydrogens is 969 g/mol. The second-order valence-corrected chi connectivity index (χ2v) is 19.1. The number of nitrogens with one attached hydrogen (secondary N) is 3. The van der Waals surface area contributed by atoms with E-state index in [1.54, 1.807) is 124 Å². The number of thioether (sulfide) groups is 1. The molecular formula is C51H50N6O13S2. The highest BCUT2D eigenvalue weighted by Crippen LogP contribution is 2.45. The van der Waals surface area contributed by atoms with Crippen molar-refractivity contribution in [2.75, 3.05) is 38.1 Å². The highest BCUT2D eigenvalue weighted by atomic mass is 32.2. The Labute approximate surface area is 422 Å². The highest BCUT2D eigenvalue weighted by Gasteiger charge is 2.51.